The van der Waals surface area contributed by atoms with Gasteiger partial charge in [-0.25, -0.2) is 4.68 Å². The van der Waals surface area contributed by atoms with E-state index in [4.69, 9.17) is 0 Å². The molecule has 0 aliphatic carbocycles. The van der Waals surface area contributed by atoms with Crippen LogP contribution in [0.1, 0.15) is 12.6 Å². The summed E-state index contributed by atoms with van der Waals surface area (Å²) in [6.45, 7) is 3.22. The lowest BCUT2D eigenvalue weighted by molar-refractivity contribution is -0.121. The van der Waals surface area contributed by atoms with Crippen molar-refractivity contribution in [3.8, 4) is 5.69 Å². The number of aryl methyl sites for hydroxylation is 1. The van der Waals surface area contributed by atoms with Crippen molar-refractivity contribution in [3.63, 3.8) is 0 Å². The van der Waals surface area contributed by atoms with Crippen LogP contribution in [0.2, 0.25) is 0 Å². The van der Waals surface area contributed by atoms with Crippen molar-refractivity contribution in [2.75, 3.05) is 17.7 Å². The van der Waals surface area contributed by atoms with Crippen molar-refractivity contribution < 1.29 is 18.0 Å². The number of hydrogen-bond donors (Lipinski definition) is 0. The van der Waals surface area contributed by atoms with E-state index in [0.717, 1.165) is 5.69 Å². The summed E-state index contributed by atoms with van der Waals surface area (Å²) in [5.41, 5.74) is -2.46. The van der Waals surface area contributed by atoms with Crippen LogP contribution < -0.4 is 4.90 Å². The SMILES string of the molecule is Cc1nn(-c2cccnc2)cc1N(C)C(=O)C(C)CSC(F)(F)F. The number of pyridine rings is 1. The summed E-state index contributed by atoms with van der Waals surface area (Å²) in [5, 5.41) is 4.33. The molecule has 5 nitrogen and oxygen atoms in total. The first-order valence-corrected chi connectivity index (χ1v) is 8.12. The summed E-state index contributed by atoms with van der Waals surface area (Å²) in [7, 11) is 1.54. The average molecular weight is 358 g/mol. The number of rotatable bonds is 5. The number of carbonyl (C=O) groups excluding carboxylic acids is 1. The number of nitrogens with zero attached hydrogens (tertiary/aromatic N) is 4. The molecule has 2 aromatic heterocycles. The number of halogens is 3. The van der Waals surface area contributed by atoms with E-state index in [1.54, 1.807) is 36.3 Å². The molecule has 0 spiro atoms. The Hall–Kier alpha value is -2.03. The average Bonchev–Trinajstić information content (AvgIpc) is 2.93. The normalized spacial score (nSPS) is 12.9. The van der Waals surface area contributed by atoms with Crippen LogP contribution in [0.3, 0.4) is 0 Å². The molecule has 0 aliphatic heterocycles. The highest BCUT2D eigenvalue weighted by Crippen LogP contribution is 2.32. The molecule has 1 atom stereocenters. The van der Waals surface area contributed by atoms with Crippen molar-refractivity contribution in [2.24, 2.45) is 5.92 Å². The first-order chi connectivity index (χ1) is 11.2. The Balaban J connectivity index is 2.13. The molecular weight excluding hydrogens is 341 g/mol. The summed E-state index contributed by atoms with van der Waals surface area (Å²) in [6.07, 6.45) is 4.92. The predicted molar refractivity (Wildman–Crippen MR) is 87.2 cm³/mol. The summed E-state index contributed by atoms with van der Waals surface area (Å²) in [4.78, 5) is 17.7. The number of alkyl halides is 3. The van der Waals surface area contributed by atoms with Crippen LogP contribution in [0, 0.1) is 12.8 Å². The van der Waals surface area contributed by atoms with Crippen LogP contribution in [0.15, 0.2) is 30.7 Å². The number of hydrogen-bond acceptors (Lipinski definition) is 4. The first-order valence-electron chi connectivity index (χ1n) is 7.14. The quantitative estimate of drug-likeness (QED) is 0.822. The molecule has 1 unspecified atom stereocenters. The molecule has 24 heavy (non-hydrogen) atoms. The number of aromatic nitrogens is 3. The fourth-order valence-corrected chi connectivity index (χ4v) is 2.72. The van der Waals surface area contributed by atoms with Crippen molar-refractivity contribution >= 4 is 23.4 Å². The number of carbonyl (C=O) groups is 1. The molecule has 0 aromatic carbocycles. The molecule has 0 N–H and O–H groups in total. The minimum absolute atomic E-state index is 0.188. The Bertz CT molecular complexity index is 702. The van der Waals surface area contributed by atoms with Crippen LogP contribution in [-0.4, -0.2) is 39.0 Å². The van der Waals surface area contributed by atoms with Crippen LogP contribution in [0.25, 0.3) is 5.69 Å². The highest BCUT2D eigenvalue weighted by molar-refractivity contribution is 8.00. The van der Waals surface area contributed by atoms with Crippen LogP contribution in [0.4, 0.5) is 18.9 Å². The molecule has 0 fully saturated rings. The molecule has 0 saturated heterocycles. The topological polar surface area (TPSA) is 51.0 Å². The highest BCUT2D eigenvalue weighted by Gasteiger charge is 2.31. The zero-order valence-corrected chi connectivity index (χ0v) is 14.2. The zero-order valence-electron chi connectivity index (χ0n) is 13.4. The molecular formula is C15H17F3N4OS. The lowest BCUT2D eigenvalue weighted by Crippen LogP contribution is -2.33. The Labute approximate surface area is 141 Å². The maximum absolute atomic E-state index is 12.4. The second kappa shape index (κ2) is 7.25. The molecule has 2 aromatic rings. The van der Waals surface area contributed by atoms with E-state index in [2.05, 4.69) is 10.1 Å². The van der Waals surface area contributed by atoms with Gasteiger partial charge in [0, 0.05) is 24.9 Å². The minimum atomic E-state index is -4.34. The third-order valence-electron chi connectivity index (χ3n) is 3.39. The third-order valence-corrected chi connectivity index (χ3v) is 4.39. The summed E-state index contributed by atoms with van der Waals surface area (Å²) < 4.78 is 38.4. The predicted octanol–water partition coefficient (Wildman–Crippen LogP) is 3.43. The van der Waals surface area contributed by atoms with E-state index < -0.39 is 11.4 Å². The maximum atomic E-state index is 12.4. The molecule has 130 valence electrons. The molecule has 9 heteroatoms. The Morgan fingerprint density at radius 2 is 2.17 bits per heavy atom. The fraction of sp³-hybridized carbons (Fsp3) is 0.400. The van der Waals surface area contributed by atoms with Crippen molar-refractivity contribution in [3.05, 3.63) is 36.4 Å². The third kappa shape index (κ3) is 4.50. The van der Waals surface area contributed by atoms with Gasteiger partial charge in [-0.15, -0.1) is 0 Å². The van der Waals surface area contributed by atoms with Gasteiger partial charge >= 0.3 is 5.51 Å². The van der Waals surface area contributed by atoms with E-state index in [9.17, 15) is 18.0 Å². The second-order valence-electron chi connectivity index (χ2n) is 5.31. The number of anilines is 1. The van der Waals surface area contributed by atoms with Crippen molar-refractivity contribution in [1.29, 1.82) is 0 Å². The van der Waals surface area contributed by atoms with Crippen LogP contribution in [0.5, 0.6) is 0 Å². The Morgan fingerprint density at radius 3 is 2.75 bits per heavy atom. The van der Waals surface area contributed by atoms with E-state index in [-0.39, 0.29) is 23.4 Å². The van der Waals surface area contributed by atoms with Gasteiger partial charge in [-0.3, -0.25) is 9.78 Å². The molecule has 0 bridgehead atoms. The Morgan fingerprint density at radius 1 is 1.46 bits per heavy atom. The maximum Gasteiger partial charge on any atom is 0.441 e. The van der Waals surface area contributed by atoms with Gasteiger partial charge in [0.1, 0.15) is 0 Å². The standard InChI is InChI=1S/C15H17F3N4OS/c1-10(9-24-15(16,17)18)14(23)21(3)13-8-22(20-11(13)2)12-5-4-6-19-7-12/h4-8,10H,9H2,1-3H3. The van der Waals surface area contributed by atoms with Crippen LogP contribution >= 0.6 is 11.8 Å². The fourth-order valence-electron chi connectivity index (χ4n) is 2.14. The van der Waals surface area contributed by atoms with Gasteiger partial charge in [-0.2, -0.15) is 18.3 Å². The smallest absolute Gasteiger partial charge is 0.312 e. The number of thioether (sulfide) groups is 1. The Kier molecular flexibility index (Phi) is 5.53. The van der Waals surface area contributed by atoms with Gasteiger partial charge < -0.3 is 4.90 Å². The molecule has 2 rings (SSSR count). The van der Waals surface area contributed by atoms with E-state index >= 15 is 0 Å². The largest absolute Gasteiger partial charge is 0.441 e. The number of amides is 1. The van der Waals surface area contributed by atoms with E-state index in [0.29, 0.717) is 11.4 Å². The molecule has 0 aliphatic rings. The monoisotopic (exact) mass is 358 g/mol. The lowest BCUT2D eigenvalue weighted by Gasteiger charge is -2.20. The molecule has 0 saturated carbocycles. The molecule has 1 amide bonds. The van der Waals surface area contributed by atoms with Crippen molar-refractivity contribution in [1.82, 2.24) is 14.8 Å². The van der Waals surface area contributed by atoms with Gasteiger partial charge in [0.2, 0.25) is 5.91 Å². The van der Waals surface area contributed by atoms with Crippen molar-refractivity contribution in [2.45, 2.75) is 19.4 Å². The lowest BCUT2D eigenvalue weighted by atomic mass is 10.2. The molecule has 0 radical (unpaired) electrons. The minimum Gasteiger partial charge on any atom is -0.312 e. The van der Waals surface area contributed by atoms with E-state index in [1.165, 1.54) is 18.9 Å². The highest BCUT2D eigenvalue weighted by atomic mass is 32.2. The second-order valence-corrected chi connectivity index (χ2v) is 6.40. The van der Waals surface area contributed by atoms with E-state index in [1.807, 2.05) is 6.07 Å². The summed E-state index contributed by atoms with van der Waals surface area (Å²) in [6, 6.07) is 3.57. The first kappa shape index (κ1) is 18.3. The van der Waals surface area contributed by atoms with Crippen LogP contribution in [-0.2, 0) is 4.79 Å². The summed E-state index contributed by atoms with van der Waals surface area (Å²) in [5.74, 6) is -1.47. The van der Waals surface area contributed by atoms with Gasteiger partial charge in [0.25, 0.3) is 0 Å². The molecule has 2 heterocycles. The summed E-state index contributed by atoms with van der Waals surface area (Å²) >= 11 is -0.188. The van der Waals surface area contributed by atoms with Gasteiger partial charge in [0.15, 0.2) is 0 Å². The van der Waals surface area contributed by atoms with Gasteiger partial charge in [-0.05, 0) is 19.1 Å². The van der Waals surface area contributed by atoms with Gasteiger partial charge in [-0.1, -0.05) is 18.7 Å². The zero-order chi connectivity index (χ0) is 17.9. The van der Waals surface area contributed by atoms with Gasteiger partial charge in [0.05, 0.1) is 29.5 Å².